The molecule has 12 nitrogen and oxygen atoms in total. The molecule has 0 unspecified atom stereocenters. The van der Waals surface area contributed by atoms with E-state index in [4.69, 9.17) is 4.52 Å². The molecule has 0 radical (unpaired) electrons. The molecule has 0 saturated heterocycles. The molecule has 1 aliphatic rings. The molecule has 4 aromatic heterocycles. The number of nitriles is 1. The third-order valence-corrected chi connectivity index (χ3v) is 7.60. The van der Waals surface area contributed by atoms with E-state index in [0.717, 1.165) is 36.8 Å². The van der Waals surface area contributed by atoms with E-state index in [0.29, 0.717) is 47.3 Å². The lowest BCUT2D eigenvalue weighted by atomic mass is 9.89. The second-order valence-corrected chi connectivity index (χ2v) is 10.5. The van der Waals surface area contributed by atoms with Crippen molar-refractivity contribution in [1.29, 1.82) is 5.26 Å². The van der Waals surface area contributed by atoms with Crippen molar-refractivity contribution in [1.82, 2.24) is 34.9 Å². The summed E-state index contributed by atoms with van der Waals surface area (Å²) in [4.78, 5) is 33.7. The summed E-state index contributed by atoms with van der Waals surface area (Å²) in [6, 6.07) is 13.9. The molecular formula is C31H30N10O2. The lowest BCUT2D eigenvalue weighted by Crippen LogP contribution is -2.45. The Balaban J connectivity index is 1.16. The van der Waals surface area contributed by atoms with E-state index in [9.17, 15) is 10.1 Å². The van der Waals surface area contributed by atoms with Crippen LogP contribution in [0.25, 0.3) is 22.7 Å². The fourth-order valence-corrected chi connectivity index (χ4v) is 5.40. The average Bonchev–Trinajstić information content (AvgIpc) is 3.74. The monoisotopic (exact) mass is 574 g/mol. The maximum atomic E-state index is 13.7. The Morgan fingerprint density at radius 1 is 1.07 bits per heavy atom. The zero-order valence-corrected chi connectivity index (χ0v) is 23.7. The van der Waals surface area contributed by atoms with Crippen LogP contribution < -0.4 is 10.2 Å². The minimum Gasteiger partial charge on any atom is -0.355 e. The zero-order valence-electron chi connectivity index (χ0n) is 23.7. The fraction of sp³-hybridized carbons (Fsp3) is 0.290. The molecule has 5 aromatic rings. The van der Waals surface area contributed by atoms with Crippen molar-refractivity contribution in [3.8, 4) is 28.8 Å². The van der Waals surface area contributed by atoms with Crippen molar-refractivity contribution in [3.63, 3.8) is 0 Å². The number of hydrogen-bond acceptors (Lipinski definition) is 10. The Hall–Kier alpha value is -5.44. The Labute approximate surface area is 248 Å². The lowest BCUT2D eigenvalue weighted by molar-refractivity contribution is -0.119. The van der Waals surface area contributed by atoms with Crippen LogP contribution in [-0.4, -0.2) is 52.9 Å². The number of amides is 1. The van der Waals surface area contributed by atoms with Crippen LogP contribution in [0.5, 0.6) is 0 Å². The van der Waals surface area contributed by atoms with Crippen LogP contribution in [0.4, 0.5) is 11.8 Å². The molecule has 6 rings (SSSR count). The summed E-state index contributed by atoms with van der Waals surface area (Å²) in [7, 11) is 1.85. The van der Waals surface area contributed by atoms with Gasteiger partial charge >= 0.3 is 0 Å². The van der Waals surface area contributed by atoms with Crippen LogP contribution in [0, 0.1) is 11.3 Å². The van der Waals surface area contributed by atoms with Gasteiger partial charge in [-0.1, -0.05) is 35.5 Å². The first-order valence-corrected chi connectivity index (χ1v) is 14.2. The van der Waals surface area contributed by atoms with Crippen LogP contribution in [0.15, 0.2) is 78.1 Å². The summed E-state index contributed by atoms with van der Waals surface area (Å²) >= 11 is 0. The van der Waals surface area contributed by atoms with E-state index >= 15 is 0 Å². The van der Waals surface area contributed by atoms with Gasteiger partial charge in [0.1, 0.15) is 17.3 Å². The summed E-state index contributed by atoms with van der Waals surface area (Å²) in [6.07, 6.45) is 14.2. The summed E-state index contributed by atoms with van der Waals surface area (Å²) in [5.74, 6) is 1.40. The van der Waals surface area contributed by atoms with Crippen molar-refractivity contribution in [3.05, 3.63) is 84.7 Å². The van der Waals surface area contributed by atoms with Gasteiger partial charge in [0.25, 0.3) is 0 Å². The number of aromatic nitrogens is 7. The highest BCUT2D eigenvalue weighted by atomic mass is 16.5. The van der Waals surface area contributed by atoms with E-state index in [2.05, 4.69) is 41.6 Å². The zero-order chi connectivity index (χ0) is 29.6. The van der Waals surface area contributed by atoms with Gasteiger partial charge in [0.15, 0.2) is 11.6 Å². The molecule has 0 aliphatic heterocycles. The van der Waals surface area contributed by atoms with Crippen molar-refractivity contribution >= 4 is 17.7 Å². The SMILES string of the molecule is Cn1cc(-c2cnc(N(C(=O)CCc3ccccc3)C3CCC(Nc4ncc(C#N)c(-c5ccno5)n4)CC3)cn2)cn1. The number of nitrogens with one attached hydrogen (secondary N) is 1. The Morgan fingerprint density at radius 3 is 2.58 bits per heavy atom. The maximum Gasteiger partial charge on any atom is 0.228 e. The van der Waals surface area contributed by atoms with Crippen molar-refractivity contribution in [2.24, 2.45) is 7.05 Å². The molecule has 0 spiro atoms. The standard InChI is InChI=1S/C31H30N10O2/c1-40-20-23(17-36-40)26-18-34-28(19-33-26)41(29(42)12-7-21-5-3-2-4-6-21)25-10-8-24(9-11-25)38-31-35-16-22(15-32)30(39-31)27-13-14-37-43-27/h2-6,13-14,16-20,24-25H,7-12H2,1H3,(H,35,38,39). The summed E-state index contributed by atoms with van der Waals surface area (Å²) in [5.41, 5.74) is 3.40. The van der Waals surface area contributed by atoms with E-state index in [-0.39, 0.29) is 18.0 Å². The predicted octanol–water partition coefficient (Wildman–Crippen LogP) is 4.58. The molecule has 1 aliphatic carbocycles. The lowest BCUT2D eigenvalue weighted by Gasteiger charge is -2.36. The predicted molar refractivity (Wildman–Crippen MR) is 158 cm³/mol. The van der Waals surface area contributed by atoms with E-state index in [1.165, 1.54) is 12.4 Å². The quantitative estimate of drug-likeness (QED) is 0.265. The summed E-state index contributed by atoms with van der Waals surface area (Å²) < 4.78 is 6.94. The van der Waals surface area contributed by atoms with Gasteiger partial charge in [-0.15, -0.1) is 0 Å². The largest absolute Gasteiger partial charge is 0.355 e. The van der Waals surface area contributed by atoms with Crippen molar-refractivity contribution in [2.75, 3.05) is 10.2 Å². The van der Waals surface area contributed by atoms with Gasteiger partial charge in [-0.2, -0.15) is 10.4 Å². The maximum absolute atomic E-state index is 13.7. The number of benzene rings is 1. The van der Waals surface area contributed by atoms with Crippen molar-refractivity contribution in [2.45, 2.75) is 50.6 Å². The Morgan fingerprint density at radius 2 is 1.91 bits per heavy atom. The highest BCUT2D eigenvalue weighted by Crippen LogP contribution is 2.30. The molecule has 43 heavy (non-hydrogen) atoms. The molecule has 216 valence electrons. The Kier molecular flexibility index (Phi) is 8.13. The first kappa shape index (κ1) is 27.7. The number of aryl methyl sites for hydroxylation is 2. The van der Waals surface area contributed by atoms with Gasteiger partial charge in [-0.05, 0) is 37.7 Å². The molecule has 1 aromatic carbocycles. The molecule has 1 amide bonds. The number of nitrogens with zero attached hydrogens (tertiary/aromatic N) is 9. The highest BCUT2D eigenvalue weighted by molar-refractivity contribution is 5.93. The molecule has 0 atom stereocenters. The van der Waals surface area contributed by atoms with Crippen molar-refractivity contribution < 1.29 is 9.32 Å². The van der Waals surface area contributed by atoms with Gasteiger partial charge < -0.3 is 9.84 Å². The number of rotatable bonds is 9. The summed E-state index contributed by atoms with van der Waals surface area (Å²) in [5, 5.41) is 20.8. The van der Waals surface area contributed by atoms with Gasteiger partial charge in [-0.3, -0.25) is 19.4 Å². The van der Waals surface area contributed by atoms with Gasteiger partial charge in [0.05, 0.1) is 36.7 Å². The normalized spacial score (nSPS) is 16.4. The highest BCUT2D eigenvalue weighted by Gasteiger charge is 2.31. The molecule has 0 bridgehead atoms. The summed E-state index contributed by atoms with van der Waals surface area (Å²) in [6.45, 7) is 0. The topological polar surface area (TPSA) is 152 Å². The number of carbonyl (C=O) groups excluding carboxylic acids is 1. The van der Waals surface area contributed by atoms with Crippen LogP contribution in [0.3, 0.4) is 0 Å². The molecule has 12 heteroatoms. The van der Waals surface area contributed by atoms with Crippen LogP contribution >= 0.6 is 0 Å². The van der Waals surface area contributed by atoms with Crippen LogP contribution in [-0.2, 0) is 18.3 Å². The third kappa shape index (κ3) is 6.41. The number of carbonyl (C=O) groups is 1. The molecule has 1 fully saturated rings. The molecule has 1 saturated carbocycles. The van der Waals surface area contributed by atoms with Crippen LogP contribution in [0.2, 0.25) is 0 Å². The van der Waals surface area contributed by atoms with Gasteiger partial charge in [-0.25, -0.2) is 15.0 Å². The first-order valence-electron chi connectivity index (χ1n) is 14.2. The third-order valence-electron chi connectivity index (χ3n) is 7.60. The van der Waals surface area contributed by atoms with E-state index in [1.807, 2.05) is 48.5 Å². The van der Waals surface area contributed by atoms with Gasteiger partial charge in [0.2, 0.25) is 11.9 Å². The number of anilines is 2. The molecule has 1 N–H and O–H groups in total. The molecule has 4 heterocycles. The fourth-order valence-electron chi connectivity index (χ4n) is 5.40. The van der Waals surface area contributed by atoms with E-state index < -0.39 is 0 Å². The minimum absolute atomic E-state index is 0.0218. The second-order valence-electron chi connectivity index (χ2n) is 10.5. The minimum atomic E-state index is -0.0218. The first-order chi connectivity index (χ1) is 21.1. The van der Waals surface area contributed by atoms with Crippen LogP contribution in [0.1, 0.15) is 43.2 Å². The van der Waals surface area contributed by atoms with Gasteiger partial charge in [0, 0.05) is 43.4 Å². The number of hydrogen-bond donors (Lipinski definition) is 1. The second kappa shape index (κ2) is 12.6. The molecular weight excluding hydrogens is 544 g/mol. The Bertz CT molecular complexity index is 1700. The smallest absolute Gasteiger partial charge is 0.228 e. The average molecular weight is 575 g/mol. The van der Waals surface area contributed by atoms with E-state index in [1.54, 1.807) is 29.3 Å².